The second kappa shape index (κ2) is 6.43. The number of benzene rings is 1. The number of thioether (sulfide) groups is 1. The van der Waals surface area contributed by atoms with Crippen molar-refractivity contribution in [2.24, 2.45) is 5.92 Å². The van der Waals surface area contributed by atoms with E-state index < -0.39 is 0 Å². The molecule has 0 radical (unpaired) electrons. The van der Waals surface area contributed by atoms with Crippen LogP contribution in [0.15, 0.2) is 29.2 Å². The molecule has 2 rings (SSSR count). The number of rotatable bonds is 3. The van der Waals surface area contributed by atoms with E-state index in [0.717, 1.165) is 5.92 Å². The van der Waals surface area contributed by atoms with E-state index in [0.29, 0.717) is 6.04 Å². The van der Waals surface area contributed by atoms with Crippen molar-refractivity contribution in [3.05, 3.63) is 24.3 Å². The molecule has 1 aliphatic rings. The highest BCUT2D eigenvalue weighted by Crippen LogP contribution is 2.39. The molecule has 20 heavy (non-hydrogen) atoms. The van der Waals surface area contributed by atoms with Crippen molar-refractivity contribution in [3.63, 3.8) is 0 Å². The molecule has 0 heterocycles. The minimum Gasteiger partial charge on any atom is -0.363 e. The smallest absolute Gasteiger partial charge is 0.0511 e. The molecular formula is C18H29NS. The molecule has 1 aromatic carbocycles. The third-order valence-corrected chi connectivity index (χ3v) is 5.25. The molecule has 2 atom stereocenters. The van der Waals surface area contributed by atoms with E-state index in [2.05, 4.69) is 63.1 Å². The van der Waals surface area contributed by atoms with Gasteiger partial charge >= 0.3 is 0 Å². The average molecular weight is 292 g/mol. The topological polar surface area (TPSA) is 3.24 Å². The maximum Gasteiger partial charge on any atom is 0.0511 e. The summed E-state index contributed by atoms with van der Waals surface area (Å²) in [5.74, 6) is 0.790. The Morgan fingerprint density at radius 3 is 2.35 bits per heavy atom. The molecule has 1 aliphatic carbocycles. The van der Waals surface area contributed by atoms with Gasteiger partial charge in [-0.3, -0.25) is 0 Å². The Morgan fingerprint density at radius 1 is 1.10 bits per heavy atom. The molecule has 0 spiro atoms. The van der Waals surface area contributed by atoms with Crippen LogP contribution < -0.4 is 4.90 Å². The molecule has 1 fully saturated rings. The number of anilines is 1. The molecule has 2 heteroatoms. The fourth-order valence-electron chi connectivity index (χ4n) is 3.55. The van der Waals surface area contributed by atoms with Crippen LogP contribution in [0.2, 0.25) is 0 Å². The summed E-state index contributed by atoms with van der Waals surface area (Å²) < 4.78 is 0. The Morgan fingerprint density at radius 2 is 1.75 bits per heavy atom. The first kappa shape index (κ1) is 15.8. The van der Waals surface area contributed by atoms with Gasteiger partial charge in [-0.1, -0.05) is 31.9 Å². The van der Waals surface area contributed by atoms with Crippen LogP contribution in [-0.4, -0.2) is 17.8 Å². The summed E-state index contributed by atoms with van der Waals surface area (Å²) >= 11 is 1.86. The molecule has 0 bridgehead atoms. The van der Waals surface area contributed by atoms with Gasteiger partial charge in [0.25, 0.3) is 0 Å². The summed E-state index contributed by atoms with van der Waals surface area (Å²) in [5, 5.41) is 0. The molecule has 0 aliphatic heterocycles. The number of nitrogens with zero attached hydrogens (tertiary/aromatic N) is 1. The highest BCUT2D eigenvalue weighted by Gasteiger charge is 2.34. The first-order valence-corrected chi connectivity index (χ1v) is 9.10. The summed E-state index contributed by atoms with van der Waals surface area (Å²) in [7, 11) is 0. The first-order chi connectivity index (χ1) is 9.45. The minimum atomic E-state index is 0.169. The molecule has 0 N–H and O–H groups in total. The van der Waals surface area contributed by atoms with Crippen molar-refractivity contribution in [3.8, 4) is 0 Å². The zero-order valence-corrected chi connectivity index (χ0v) is 14.5. The molecule has 0 aromatic heterocycles. The lowest BCUT2D eigenvalue weighted by Crippen LogP contribution is -2.52. The van der Waals surface area contributed by atoms with E-state index in [4.69, 9.17) is 0 Å². The summed E-state index contributed by atoms with van der Waals surface area (Å²) in [6, 6.07) is 9.57. The summed E-state index contributed by atoms with van der Waals surface area (Å²) in [6.45, 7) is 9.49. The van der Waals surface area contributed by atoms with Gasteiger partial charge in [0.2, 0.25) is 0 Å². The largest absolute Gasteiger partial charge is 0.363 e. The molecule has 1 aromatic rings. The molecule has 2 unspecified atom stereocenters. The maximum absolute atomic E-state index is 2.70. The van der Waals surface area contributed by atoms with Crippen LogP contribution in [0.1, 0.15) is 53.4 Å². The van der Waals surface area contributed by atoms with Crippen LogP contribution in [0.4, 0.5) is 5.69 Å². The Bertz CT molecular complexity index is 435. The molecule has 1 nitrogen and oxygen atoms in total. The second-order valence-electron chi connectivity index (χ2n) is 7.04. The zero-order valence-electron chi connectivity index (χ0n) is 13.6. The van der Waals surface area contributed by atoms with Crippen molar-refractivity contribution in [2.45, 2.75) is 69.9 Å². The van der Waals surface area contributed by atoms with Crippen LogP contribution in [0.5, 0.6) is 0 Å². The van der Waals surface area contributed by atoms with E-state index in [1.54, 1.807) is 0 Å². The van der Waals surface area contributed by atoms with Gasteiger partial charge in [-0.2, -0.15) is 0 Å². The maximum atomic E-state index is 2.70. The van der Waals surface area contributed by atoms with Gasteiger partial charge in [0.05, 0.1) is 5.69 Å². The van der Waals surface area contributed by atoms with E-state index >= 15 is 0 Å². The Hall–Kier alpha value is -0.630. The van der Waals surface area contributed by atoms with Gasteiger partial charge in [0.15, 0.2) is 0 Å². The first-order valence-electron chi connectivity index (χ1n) is 7.87. The van der Waals surface area contributed by atoms with Crippen molar-refractivity contribution >= 4 is 17.4 Å². The van der Waals surface area contributed by atoms with E-state index in [1.165, 1.54) is 36.3 Å². The molecule has 1 saturated carbocycles. The van der Waals surface area contributed by atoms with Crippen LogP contribution in [0.3, 0.4) is 0 Å². The predicted molar refractivity (Wildman–Crippen MR) is 91.9 cm³/mol. The lowest BCUT2D eigenvalue weighted by Gasteiger charge is -2.48. The van der Waals surface area contributed by atoms with Gasteiger partial charge < -0.3 is 4.90 Å². The number of hydrogen-bond donors (Lipinski definition) is 0. The standard InChI is InChI=1S/C18H29NS/c1-14-10-6-7-11-15(14)19(18(2,3)4)16-12-8-9-13-17(16)20-5/h8-9,12-15H,6-7,10-11H2,1-5H3. The Balaban J connectivity index is 2.42. The van der Waals surface area contributed by atoms with Gasteiger partial charge in [-0.05, 0) is 57.9 Å². The van der Waals surface area contributed by atoms with E-state index in [1.807, 2.05) is 11.8 Å². The third kappa shape index (κ3) is 3.33. The molecule has 112 valence electrons. The lowest BCUT2D eigenvalue weighted by molar-refractivity contribution is 0.276. The highest BCUT2D eigenvalue weighted by atomic mass is 32.2. The quantitative estimate of drug-likeness (QED) is 0.668. The minimum absolute atomic E-state index is 0.169. The van der Waals surface area contributed by atoms with Crippen molar-refractivity contribution in [2.75, 3.05) is 11.2 Å². The zero-order chi connectivity index (χ0) is 14.8. The Labute approximate surface area is 129 Å². The van der Waals surface area contributed by atoms with Gasteiger partial charge in [0, 0.05) is 16.5 Å². The second-order valence-corrected chi connectivity index (χ2v) is 7.89. The van der Waals surface area contributed by atoms with E-state index in [9.17, 15) is 0 Å². The lowest BCUT2D eigenvalue weighted by atomic mass is 9.82. The third-order valence-electron chi connectivity index (χ3n) is 4.47. The van der Waals surface area contributed by atoms with Crippen molar-refractivity contribution < 1.29 is 0 Å². The number of hydrogen-bond acceptors (Lipinski definition) is 2. The normalized spacial score (nSPS) is 23.6. The molecule has 0 amide bonds. The fraction of sp³-hybridized carbons (Fsp3) is 0.667. The van der Waals surface area contributed by atoms with Crippen LogP contribution in [-0.2, 0) is 0 Å². The summed E-state index contributed by atoms with van der Waals surface area (Å²) in [6.07, 6.45) is 7.67. The highest BCUT2D eigenvalue weighted by molar-refractivity contribution is 7.98. The predicted octanol–water partition coefficient (Wildman–Crippen LogP) is 5.59. The SMILES string of the molecule is CSc1ccccc1N(C1CCCCC1C)C(C)(C)C. The molecular weight excluding hydrogens is 262 g/mol. The van der Waals surface area contributed by atoms with Crippen LogP contribution >= 0.6 is 11.8 Å². The van der Waals surface area contributed by atoms with Crippen LogP contribution in [0, 0.1) is 5.92 Å². The van der Waals surface area contributed by atoms with Gasteiger partial charge in [0.1, 0.15) is 0 Å². The van der Waals surface area contributed by atoms with Crippen LogP contribution in [0.25, 0.3) is 0 Å². The van der Waals surface area contributed by atoms with Crippen molar-refractivity contribution in [1.82, 2.24) is 0 Å². The molecule has 0 saturated heterocycles. The number of para-hydroxylation sites is 1. The fourth-order valence-corrected chi connectivity index (χ4v) is 4.14. The summed E-state index contributed by atoms with van der Waals surface area (Å²) in [4.78, 5) is 4.10. The van der Waals surface area contributed by atoms with Crippen molar-refractivity contribution in [1.29, 1.82) is 0 Å². The summed E-state index contributed by atoms with van der Waals surface area (Å²) in [5.41, 5.74) is 1.59. The average Bonchev–Trinajstić information content (AvgIpc) is 2.40. The Kier molecular flexibility index (Phi) is 5.06. The van der Waals surface area contributed by atoms with Gasteiger partial charge in [-0.25, -0.2) is 0 Å². The van der Waals surface area contributed by atoms with E-state index in [-0.39, 0.29) is 5.54 Å². The monoisotopic (exact) mass is 291 g/mol. The van der Waals surface area contributed by atoms with Gasteiger partial charge in [-0.15, -0.1) is 11.8 Å².